The van der Waals surface area contributed by atoms with E-state index in [1.807, 2.05) is 54.6 Å². The van der Waals surface area contributed by atoms with Gasteiger partial charge < -0.3 is 15.0 Å². The van der Waals surface area contributed by atoms with Crippen LogP contribution in [0.15, 0.2) is 54.6 Å². The molecule has 30 heavy (non-hydrogen) atoms. The number of carbonyl (C=O) groups excluding carboxylic acids is 2. The van der Waals surface area contributed by atoms with Crippen LogP contribution in [0.3, 0.4) is 0 Å². The molecule has 0 heterocycles. The molecule has 6 nitrogen and oxygen atoms in total. The number of hydrogen-bond donors (Lipinski definition) is 1. The number of benzene rings is 2. The Morgan fingerprint density at radius 1 is 1.13 bits per heavy atom. The Morgan fingerprint density at radius 2 is 1.83 bits per heavy atom. The first kappa shape index (κ1) is 21.4. The van der Waals surface area contributed by atoms with Gasteiger partial charge in [0.2, 0.25) is 11.8 Å². The molecule has 156 valence electrons. The highest BCUT2D eigenvalue weighted by atomic mass is 16.5. The Balaban J connectivity index is 1.58. The smallest absolute Gasteiger partial charge is 0.227 e. The quantitative estimate of drug-likeness (QED) is 0.648. The molecule has 2 amide bonds. The molecular weight excluding hydrogens is 378 g/mol. The maximum Gasteiger partial charge on any atom is 0.227 e. The molecule has 0 aliphatic heterocycles. The van der Waals surface area contributed by atoms with Crippen molar-refractivity contribution in [3.05, 3.63) is 60.2 Å². The number of anilines is 1. The van der Waals surface area contributed by atoms with Crippen molar-refractivity contribution in [3.8, 4) is 11.8 Å². The second-order valence-electron chi connectivity index (χ2n) is 7.44. The summed E-state index contributed by atoms with van der Waals surface area (Å²) in [6.45, 7) is 0.317. The fourth-order valence-electron chi connectivity index (χ4n) is 3.48. The largest absolute Gasteiger partial charge is 0.497 e. The molecule has 0 aromatic heterocycles. The predicted molar refractivity (Wildman–Crippen MR) is 115 cm³/mol. The number of hydrogen-bond acceptors (Lipinski definition) is 4. The van der Waals surface area contributed by atoms with Gasteiger partial charge in [-0.25, -0.2) is 0 Å². The average Bonchev–Trinajstić information content (AvgIpc) is 3.62. The number of amides is 2. The summed E-state index contributed by atoms with van der Waals surface area (Å²) < 4.78 is 5.21. The lowest BCUT2D eigenvalue weighted by molar-refractivity contribution is -0.125. The highest BCUT2D eigenvalue weighted by Crippen LogP contribution is 2.41. The van der Waals surface area contributed by atoms with Gasteiger partial charge in [-0.3, -0.25) is 9.59 Å². The molecule has 1 atom stereocenters. The highest BCUT2D eigenvalue weighted by Gasteiger charge is 2.33. The maximum absolute atomic E-state index is 12.7. The number of rotatable bonds is 10. The van der Waals surface area contributed by atoms with Crippen LogP contribution in [0.25, 0.3) is 0 Å². The molecule has 0 radical (unpaired) electrons. The molecule has 1 fully saturated rings. The molecule has 2 aromatic rings. The number of nitrogens with one attached hydrogen (secondary N) is 1. The van der Waals surface area contributed by atoms with Gasteiger partial charge in [-0.15, -0.1) is 0 Å². The van der Waals surface area contributed by atoms with E-state index in [1.54, 1.807) is 12.0 Å². The van der Waals surface area contributed by atoms with E-state index < -0.39 is 0 Å². The second-order valence-corrected chi connectivity index (χ2v) is 7.44. The van der Waals surface area contributed by atoms with Crippen LogP contribution in [-0.4, -0.2) is 25.5 Å². The molecule has 0 spiro atoms. The molecule has 1 unspecified atom stereocenters. The Kier molecular flexibility index (Phi) is 7.45. The van der Waals surface area contributed by atoms with E-state index in [0.29, 0.717) is 12.5 Å². The van der Waals surface area contributed by atoms with Crippen molar-refractivity contribution < 1.29 is 14.3 Å². The summed E-state index contributed by atoms with van der Waals surface area (Å²) in [5, 5.41) is 12.0. The summed E-state index contributed by atoms with van der Waals surface area (Å²) in [6, 6.07) is 19.0. The maximum atomic E-state index is 12.7. The number of carbonyl (C=O) groups is 2. The van der Waals surface area contributed by atoms with Crippen LogP contribution < -0.4 is 15.0 Å². The minimum absolute atomic E-state index is 0.0395. The van der Waals surface area contributed by atoms with Gasteiger partial charge in [0.25, 0.3) is 0 Å². The first-order valence-corrected chi connectivity index (χ1v) is 10.3. The third-order valence-electron chi connectivity index (χ3n) is 5.27. The normalized spacial score (nSPS) is 13.7. The van der Waals surface area contributed by atoms with Crippen molar-refractivity contribution in [2.24, 2.45) is 5.92 Å². The SMILES string of the molecule is COc1ccc(C(NC(=O)CCC(=O)N(CCC#N)c2ccccc2)C2CC2)cc1. The van der Waals surface area contributed by atoms with E-state index in [-0.39, 0.29) is 37.1 Å². The lowest BCUT2D eigenvalue weighted by atomic mass is 10.0. The van der Waals surface area contributed by atoms with Gasteiger partial charge >= 0.3 is 0 Å². The van der Waals surface area contributed by atoms with Gasteiger partial charge in [0.1, 0.15) is 5.75 Å². The Bertz CT molecular complexity index is 886. The third kappa shape index (κ3) is 5.84. The third-order valence-corrected chi connectivity index (χ3v) is 5.27. The van der Waals surface area contributed by atoms with Crippen LogP contribution in [0.1, 0.15) is 43.7 Å². The molecular formula is C24H27N3O3. The molecule has 0 saturated heterocycles. The van der Waals surface area contributed by atoms with Gasteiger partial charge in [0.05, 0.1) is 25.6 Å². The minimum Gasteiger partial charge on any atom is -0.497 e. The number of methoxy groups -OCH3 is 1. The lowest BCUT2D eigenvalue weighted by Crippen LogP contribution is -2.34. The summed E-state index contributed by atoms with van der Waals surface area (Å²) in [6.07, 6.45) is 2.64. The van der Waals surface area contributed by atoms with Gasteiger partial charge in [0, 0.05) is 25.1 Å². The van der Waals surface area contributed by atoms with Crippen LogP contribution in [-0.2, 0) is 9.59 Å². The lowest BCUT2D eigenvalue weighted by Gasteiger charge is -2.22. The van der Waals surface area contributed by atoms with Crippen LogP contribution in [0.4, 0.5) is 5.69 Å². The number of nitriles is 1. The fourth-order valence-corrected chi connectivity index (χ4v) is 3.48. The molecule has 1 N–H and O–H groups in total. The highest BCUT2D eigenvalue weighted by molar-refractivity contribution is 5.95. The van der Waals surface area contributed by atoms with Crippen molar-refractivity contribution in [3.63, 3.8) is 0 Å². The van der Waals surface area contributed by atoms with Gasteiger partial charge in [-0.2, -0.15) is 5.26 Å². The van der Waals surface area contributed by atoms with Crippen LogP contribution in [0.5, 0.6) is 5.75 Å². The van der Waals surface area contributed by atoms with Gasteiger partial charge in [0.15, 0.2) is 0 Å². The molecule has 1 saturated carbocycles. The predicted octanol–water partition coefficient (Wildman–Crippen LogP) is 3.99. The summed E-state index contributed by atoms with van der Waals surface area (Å²) in [4.78, 5) is 26.9. The number of para-hydroxylation sites is 1. The fraction of sp³-hybridized carbons (Fsp3) is 0.375. The summed E-state index contributed by atoms with van der Waals surface area (Å²) >= 11 is 0. The summed E-state index contributed by atoms with van der Waals surface area (Å²) in [7, 11) is 1.63. The zero-order valence-corrected chi connectivity index (χ0v) is 17.2. The summed E-state index contributed by atoms with van der Waals surface area (Å²) in [5.74, 6) is 0.932. The van der Waals surface area contributed by atoms with E-state index in [0.717, 1.165) is 29.8 Å². The molecule has 3 rings (SSSR count). The van der Waals surface area contributed by atoms with Gasteiger partial charge in [-0.05, 0) is 48.6 Å². The molecule has 1 aliphatic rings. The molecule has 0 bridgehead atoms. The number of ether oxygens (including phenoxy) is 1. The van der Waals surface area contributed by atoms with Crippen molar-refractivity contribution in [2.45, 2.75) is 38.1 Å². The Hall–Kier alpha value is -3.33. The van der Waals surface area contributed by atoms with E-state index in [2.05, 4.69) is 11.4 Å². The first-order valence-electron chi connectivity index (χ1n) is 10.3. The van der Waals surface area contributed by atoms with Crippen LogP contribution >= 0.6 is 0 Å². The van der Waals surface area contributed by atoms with E-state index >= 15 is 0 Å². The Labute approximate surface area is 177 Å². The van der Waals surface area contributed by atoms with E-state index in [1.165, 1.54) is 0 Å². The minimum atomic E-state index is -0.154. The van der Waals surface area contributed by atoms with Crippen molar-refractivity contribution in [1.82, 2.24) is 5.32 Å². The van der Waals surface area contributed by atoms with Crippen molar-refractivity contribution in [1.29, 1.82) is 5.26 Å². The Morgan fingerprint density at radius 3 is 2.43 bits per heavy atom. The zero-order valence-electron chi connectivity index (χ0n) is 17.2. The van der Waals surface area contributed by atoms with Gasteiger partial charge in [-0.1, -0.05) is 30.3 Å². The molecule has 2 aromatic carbocycles. The molecule has 1 aliphatic carbocycles. The average molecular weight is 405 g/mol. The second kappa shape index (κ2) is 10.4. The van der Waals surface area contributed by atoms with Crippen LogP contribution in [0.2, 0.25) is 0 Å². The van der Waals surface area contributed by atoms with Crippen molar-refractivity contribution in [2.75, 3.05) is 18.6 Å². The standard InChI is InChI=1S/C24H27N3O3/c1-30-21-12-10-19(11-13-21)24(18-8-9-18)26-22(28)14-15-23(29)27(17-5-16-25)20-6-3-2-4-7-20/h2-4,6-7,10-13,18,24H,5,8-9,14-15,17H2,1H3,(H,26,28). The number of nitrogens with zero attached hydrogens (tertiary/aromatic N) is 2. The monoisotopic (exact) mass is 405 g/mol. The summed E-state index contributed by atoms with van der Waals surface area (Å²) in [5.41, 5.74) is 1.80. The van der Waals surface area contributed by atoms with Crippen LogP contribution in [0, 0.1) is 17.2 Å². The van der Waals surface area contributed by atoms with Crippen molar-refractivity contribution >= 4 is 17.5 Å². The van der Waals surface area contributed by atoms with E-state index in [4.69, 9.17) is 10.00 Å². The first-order chi connectivity index (χ1) is 14.6. The topological polar surface area (TPSA) is 82.4 Å². The zero-order chi connectivity index (χ0) is 21.3. The van der Waals surface area contributed by atoms with E-state index in [9.17, 15) is 9.59 Å². The molecule has 6 heteroatoms.